The number of hydrogen-bond donors (Lipinski definition) is 0. The molecule has 0 saturated heterocycles. The minimum atomic E-state index is -0.614. The molecule has 8 heteroatoms. The molecule has 0 saturated carbocycles. The lowest BCUT2D eigenvalue weighted by molar-refractivity contribution is -0.580. The van der Waals surface area contributed by atoms with Crippen molar-refractivity contribution in [2.24, 2.45) is 0 Å². The first kappa shape index (κ1) is 23.7. The smallest absolute Gasteiger partial charge is 0.338 e. The van der Waals surface area contributed by atoms with Crippen LogP contribution in [0, 0.1) is 5.21 Å². The van der Waals surface area contributed by atoms with E-state index in [0.29, 0.717) is 46.1 Å². The molecule has 0 atom stereocenters. The van der Waals surface area contributed by atoms with E-state index in [4.69, 9.17) is 14.2 Å². The first-order valence-corrected chi connectivity index (χ1v) is 11.2. The highest BCUT2D eigenvalue weighted by atomic mass is 16.5. The van der Waals surface area contributed by atoms with E-state index in [-0.39, 0.29) is 23.5 Å². The monoisotopic (exact) mass is 472 g/mol. The van der Waals surface area contributed by atoms with Crippen molar-refractivity contribution in [3.05, 3.63) is 101 Å². The lowest BCUT2D eigenvalue weighted by Gasteiger charge is -2.13. The molecule has 8 nitrogen and oxygen atoms in total. The van der Waals surface area contributed by atoms with Crippen LogP contribution in [0.4, 0.5) is 0 Å². The second kappa shape index (κ2) is 10.6. The van der Waals surface area contributed by atoms with Crippen LogP contribution in [0.3, 0.4) is 0 Å². The summed E-state index contributed by atoms with van der Waals surface area (Å²) in [4.78, 5) is 30.4. The maximum atomic E-state index is 13.4. The molecule has 4 rings (SSSR count). The molecule has 3 aromatic carbocycles. The third kappa shape index (κ3) is 5.22. The molecule has 0 aliphatic carbocycles. The maximum absolute atomic E-state index is 13.4. The Balaban J connectivity index is 1.70. The van der Waals surface area contributed by atoms with Crippen molar-refractivity contribution in [3.63, 3.8) is 0 Å². The fourth-order valence-corrected chi connectivity index (χ4v) is 3.57. The quantitative estimate of drug-likeness (QED) is 0.155. The minimum Gasteiger partial charge on any atom is -0.618 e. The number of ether oxygens (including phenoxy) is 3. The molecule has 4 aromatic rings. The van der Waals surface area contributed by atoms with Gasteiger partial charge in [0.05, 0.1) is 24.8 Å². The standard InChI is InChI=1S/C27H24N2O6/c1-3-33-20-12-10-19(11-13-20)27(31)35-17-23-25(26(30)18-8-6-5-7-9-18)29(32)24-16-21(34-4-2)14-15-22(24)28-23/h5-16H,3-4,17H2,1-2H3. The number of benzene rings is 3. The molecular weight excluding hydrogens is 448 g/mol. The Morgan fingerprint density at radius 3 is 2.20 bits per heavy atom. The van der Waals surface area contributed by atoms with Crippen LogP contribution in [0.5, 0.6) is 11.5 Å². The molecule has 178 valence electrons. The lowest BCUT2D eigenvalue weighted by Crippen LogP contribution is -2.38. The van der Waals surface area contributed by atoms with Gasteiger partial charge in [0.15, 0.2) is 5.69 Å². The van der Waals surface area contributed by atoms with E-state index in [9.17, 15) is 14.8 Å². The van der Waals surface area contributed by atoms with Crippen LogP contribution < -0.4 is 14.2 Å². The van der Waals surface area contributed by atoms with Gasteiger partial charge in [-0.25, -0.2) is 9.78 Å². The number of rotatable bonds is 9. The summed E-state index contributed by atoms with van der Waals surface area (Å²) in [5, 5.41) is 13.4. The largest absolute Gasteiger partial charge is 0.618 e. The maximum Gasteiger partial charge on any atom is 0.338 e. The van der Waals surface area contributed by atoms with Gasteiger partial charge in [-0.1, -0.05) is 30.3 Å². The number of aromatic nitrogens is 2. The van der Waals surface area contributed by atoms with Gasteiger partial charge in [-0.15, -0.1) is 0 Å². The Morgan fingerprint density at radius 1 is 0.857 bits per heavy atom. The predicted molar refractivity (Wildman–Crippen MR) is 128 cm³/mol. The summed E-state index contributed by atoms with van der Waals surface area (Å²) in [5.41, 5.74) is 0.999. The van der Waals surface area contributed by atoms with E-state index >= 15 is 0 Å². The second-order valence-electron chi connectivity index (χ2n) is 7.51. The fourth-order valence-electron chi connectivity index (χ4n) is 3.57. The number of fused-ring (bicyclic) bond motifs is 1. The molecule has 0 amide bonds. The lowest BCUT2D eigenvalue weighted by atomic mass is 10.1. The topological polar surface area (TPSA) is 102 Å². The van der Waals surface area contributed by atoms with Crippen LogP contribution in [-0.2, 0) is 11.3 Å². The van der Waals surface area contributed by atoms with Gasteiger partial charge >= 0.3 is 5.97 Å². The van der Waals surface area contributed by atoms with Crippen molar-refractivity contribution in [3.8, 4) is 11.5 Å². The van der Waals surface area contributed by atoms with E-state index in [1.165, 1.54) is 6.07 Å². The van der Waals surface area contributed by atoms with Crippen molar-refractivity contribution in [1.29, 1.82) is 0 Å². The Morgan fingerprint density at radius 2 is 1.51 bits per heavy atom. The SMILES string of the molecule is CCOc1ccc(C(=O)OCc2nc3ccc(OCC)cc3[n+]([O-])c2C(=O)c2ccccc2)cc1. The number of nitrogens with zero attached hydrogens (tertiary/aromatic N) is 2. The first-order valence-electron chi connectivity index (χ1n) is 11.2. The Hall–Kier alpha value is -4.46. The van der Waals surface area contributed by atoms with Crippen LogP contribution in [0.2, 0.25) is 0 Å². The fraction of sp³-hybridized carbons (Fsp3) is 0.185. The molecule has 35 heavy (non-hydrogen) atoms. The molecular formula is C27H24N2O6. The van der Waals surface area contributed by atoms with Gasteiger partial charge in [0.1, 0.15) is 23.6 Å². The Kier molecular flexibility index (Phi) is 7.21. The van der Waals surface area contributed by atoms with Gasteiger partial charge in [-0.2, -0.15) is 4.73 Å². The third-order valence-electron chi connectivity index (χ3n) is 5.20. The highest BCUT2D eigenvalue weighted by Gasteiger charge is 2.28. The summed E-state index contributed by atoms with van der Waals surface area (Å²) in [5.74, 6) is -0.0184. The van der Waals surface area contributed by atoms with E-state index in [1.807, 2.05) is 13.8 Å². The van der Waals surface area contributed by atoms with Gasteiger partial charge in [0.2, 0.25) is 5.52 Å². The van der Waals surface area contributed by atoms with Crippen molar-refractivity contribution in [2.75, 3.05) is 13.2 Å². The van der Waals surface area contributed by atoms with E-state index in [1.54, 1.807) is 66.7 Å². The summed E-state index contributed by atoms with van der Waals surface area (Å²) in [6.07, 6.45) is 0. The van der Waals surface area contributed by atoms with Crippen molar-refractivity contribution < 1.29 is 28.5 Å². The summed E-state index contributed by atoms with van der Waals surface area (Å²) in [7, 11) is 0. The second-order valence-corrected chi connectivity index (χ2v) is 7.51. The molecule has 0 radical (unpaired) electrons. The molecule has 0 unspecified atom stereocenters. The summed E-state index contributed by atoms with van der Waals surface area (Å²) < 4.78 is 16.8. The summed E-state index contributed by atoms with van der Waals surface area (Å²) in [6.45, 7) is 4.28. The zero-order valence-electron chi connectivity index (χ0n) is 19.4. The van der Waals surface area contributed by atoms with Gasteiger partial charge < -0.3 is 19.4 Å². The minimum absolute atomic E-state index is 0.0600. The zero-order chi connectivity index (χ0) is 24.8. The van der Waals surface area contributed by atoms with Crippen LogP contribution in [-0.4, -0.2) is 30.0 Å². The normalized spacial score (nSPS) is 10.7. The number of ketones is 1. The molecule has 0 spiro atoms. The van der Waals surface area contributed by atoms with Crippen LogP contribution in [0.1, 0.15) is 46.0 Å². The zero-order valence-corrected chi connectivity index (χ0v) is 19.4. The summed E-state index contributed by atoms with van der Waals surface area (Å²) in [6, 6.07) is 19.8. The molecule has 1 aromatic heterocycles. The number of carbonyl (C=O) groups is 2. The first-order chi connectivity index (χ1) is 17.0. The van der Waals surface area contributed by atoms with Crippen LogP contribution in [0.25, 0.3) is 11.0 Å². The number of carbonyl (C=O) groups excluding carboxylic acids is 2. The van der Waals surface area contributed by atoms with Gasteiger partial charge in [-0.05, 0) is 50.2 Å². The molecule has 0 aliphatic heterocycles. The third-order valence-corrected chi connectivity index (χ3v) is 5.20. The number of hydrogen-bond acceptors (Lipinski definition) is 7. The van der Waals surface area contributed by atoms with Gasteiger partial charge in [0.25, 0.3) is 11.5 Å². The molecule has 0 fully saturated rings. The van der Waals surface area contributed by atoms with Crippen LogP contribution >= 0.6 is 0 Å². The van der Waals surface area contributed by atoms with Crippen LogP contribution in [0.15, 0.2) is 72.8 Å². The van der Waals surface area contributed by atoms with Crippen molar-refractivity contribution in [2.45, 2.75) is 20.5 Å². The van der Waals surface area contributed by atoms with E-state index in [0.717, 1.165) is 0 Å². The summed E-state index contributed by atoms with van der Waals surface area (Å²) >= 11 is 0. The Labute approximate surface area is 202 Å². The average Bonchev–Trinajstić information content (AvgIpc) is 2.88. The molecule has 0 aliphatic rings. The van der Waals surface area contributed by atoms with E-state index in [2.05, 4.69) is 4.98 Å². The Bertz CT molecular complexity index is 1350. The number of esters is 1. The van der Waals surface area contributed by atoms with Gasteiger partial charge in [0, 0.05) is 5.56 Å². The highest BCUT2D eigenvalue weighted by molar-refractivity contribution is 6.07. The molecule has 1 heterocycles. The van der Waals surface area contributed by atoms with Crippen molar-refractivity contribution >= 4 is 22.8 Å². The average molecular weight is 472 g/mol. The highest BCUT2D eigenvalue weighted by Crippen LogP contribution is 2.21. The van der Waals surface area contributed by atoms with Gasteiger partial charge in [-0.3, -0.25) is 4.79 Å². The van der Waals surface area contributed by atoms with Crippen molar-refractivity contribution in [1.82, 2.24) is 4.98 Å². The molecule has 0 bridgehead atoms. The predicted octanol–water partition coefficient (Wildman–Crippen LogP) is 4.25. The van der Waals surface area contributed by atoms with E-state index < -0.39 is 11.8 Å². The molecule has 0 N–H and O–H groups in total.